The van der Waals surface area contributed by atoms with Crippen molar-refractivity contribution < 1.29 is 14.3 Å². The summed E-state index contributed by atoms with van der Waals surface area (Å²) in [5.41, 5.74) is 7.40. The van der Waals surface area contributed by atoms with E-state index < -0.39 is 12.2 Å². The number of nitrogen functional groups attached to an aromatic ring is 1. The van der Waals surface area contributed by atoms with Gasteiger partial charge in [0, 0.05) is 15.8 Å². The second-order valence-corrected chi connectivity index (χ2v) is 8.21. The van der Waals surface area contributed by atoms with E-state index >= 15 is 0 Å². The van der Waals surface area contributed by atoms with Crippen molar-refractivity contribution in [3.05, 3.63) is 94.9 Å². The summed E-state index contributed by atoms with van der Waals surface area (Å²) < 4.78 is 12.7. The van der Waals surface area contributed by atoms with Gasteiger partial charge in [0.15, 0.2) is 6.10 Å². The molecule has 0 spiro atoms. The van der Waals surface area contributed by atoms with Gasteiger partial charge in [0.1, 0.15) is 18.2 Å². The summed E-state index contributed by atoms with van der Waals surface area (Å²) in [6, 6.07) is 25.6. The largest absolute Gasteiger partial charge is 0.481 e. The van der Waals surface area contributed by atoms with Crippen molar-refractivity contribution in [3.8, 4) is 11.8 Å². The Morgan fingerprint density at radius 3 is 2.64 bits per heavy atom. The van der Waals surface area contributed by atoms with E-state index in [0.29, 0.717) is 21.9 Å². The molecular formula is C25H20N4O3S. The highest BCUT2D eigenvalue weighted by Gasteiger charge is 2.19. The number of carbonyl (C=O) groups is 1. The minimum Gasteiger partial charge on any atom is -0.481 e. The second kappa shape index (κ2) is 9.85. The molecule has 0 radical (unpaired) electrons. The summed E-state index contributed by atoms with van der Waals surface area (Å²) in [5, 5.41) is 20.2. The zero-order valence-corrected chi connectivity index (χ0v) is 18.3. The number of nitriles is 1. The van der Waals surface area contributed by atoms with Gasteiger partial charge in [-0.3, -0.25) is 10.7 Å². The SMILES string of the molecule is N#Cc1cccc(NC(=O)OCC(Oc2cccc3sc(C(=N)N)cc23)c2ccccc2)c1. The number of nitrogens with one attached hydrogen (secondary N) is 2. The number of fused-ring (bicyclic) bond motifs is 1. The average Bonchev–Trinajstić information content (AvgIpc) is 3.28. The zero-order chi connectivity index (χ0) is 23.2. The van der Waals surface area contributed by atoms with Crippen LogP contribution in [-0.2, 0) is 4.74 Å². The summed E-state index contributed by atoms with van der Waals surface area (Å²) in [7, 11) is 0. The van der Waals surface area contributed by atoms with Crippen LogP contribution in [0.3, 0.4) is 0 Å². The maximum Gasteiger partial charge on any atom is 0.411 e. The molecule has 8 heteroatoms. The molecule has 0 saturated heterocycles. The van der Waals surface area contributed by atoms with Crippen LogP contribution < -0.4 is 15.8 Å². The van der Waals surface area contributed by atoms with Gasteiger partial charge in [-0.15, -0.1) is 11.3 Å². The second-order valence-electron chi connectivity index (χ2n) is 7.13. The molecule has 0 aliphatic heterocycles. The van der Waals surface area contributed by atoms with E-state index in [-0.39, 0.29) is 12.4 Å². The molecule has 0 aliphatic rings. The number of hydrogen-bond acceptors (Lipinski definition) is 6. The van der Waals surface area contributed by atoms with Crippen molar-refractivity contribution in [2.24, 2.45) is 5.73 Å². The number of anilines is 1. The number of nitrogens with two attached hydrogens (primary N) is 1. The number of rotatable bonds is 7. The summed E-state index contributed by atoms with van der Waals surface area (Å²) >= 11 is 1.42. The molecule has 1 unspecified atom stereocenters. The minimum absolute atomic E-state index is 0.00207. The third kappa shape index (κ3) is 5.29. The molecule has 7 nitrogen and oxygen atoms in total. The molecule has 1 heterocycles. The normalized spacial score (nSPS) is 11.4. The van der Waals surface area contributed by atoms with Crippen molar-refractivity contribution in [2.75, 3.05) is 11.9 Å². The van der Waals surface area contributed by atoms with E-state index in [1.807, 2.05) is 60.7 Å². The Morgan fingerprint density at radius 2 is 1.88 bits per heavy atom. The monoisotopic (exact) mass is 456 g/mol. The fraction of sp³-hybridized carbons (Fsp3) is 0.0800. The minimum atomic E-state index is -0.651. The van der Waals surface area contributed by atoms with Crippen molar-refractivity contribution in [1.82, 2.24) is 0 Å². The summed E-state index contributed by atoms with van der Waals surface area (Å²) in [6.45, 7) is -0.0339. The van der Waals surface area contributed by atoms with Crippen LogP contribution in [0, 0.1) is 16.7 Å². The molecule has 3 aromatic carbocycles. The molecule has 1 aromatic heterocycles. The Kier molecular flexibility index (Phi) is 6.53. The third-order valence-electron chi connectivity index (χ3n) is 4.83. The molecule has 0 bridgehead atoms. The lowest BCUT2D eigenvalue weighted by Crippen LogP contribution is -2.21. The van der Waals surface area contributed by atoms with Gasteiger partial charge < -0.3 is 15.2 Å². The number of hydrogen-bond donors (Lipinski definition) is 3. The Bertz CT molecular complexity index is 1340. The Morgan fingerprint density at radius 1 is 1.09 bits per heavy atom. The number of ether oxygens (including phenoxy) is 2. The van der Waals surface area contributed by atoms with E-state index in [0.717, 1.165) is 15.6 Å². The number of amidine groups is 1. The maximum atomic E-state index is 12.4. The summed E-state index contributed by atoms with van der Waals surface area (Å²) in [6.07, 6.45) is -1.21. The van der Waals surface area contributed by atoms with Crippen LogP contribution in [0.25, 0.3) is 10.1 Å². The van der Waals surface area contributed by atoms with Crippen LogP contribution in [0.15, 0.2) is 78.9 Å². The summed E-state index contributed by atoms with van der Waals surface area (Å²) in [5.74, 6) is 0.609. The van der Waals surface area contributed by atoms with Crippen LogP contribution >= 0.6 is 11.3 Å². The van der Waals surface area contributed by atoms with Crippen LogP contribution in [0.2, 0.25) is 0 Å². The molecule has 4 aromatic rings. The van der Waals surface area contributed by atoms with E-state index in [9.17, 15) is 4.79 Å². The Balaban J connectivity index is 1.53. The van der Waals surface area contributed by atoms with Gasteiger partial charge in [0.25, 0.3) is 0 Å². The fourth-order valence-corrected chi connectivity index (χ4v) is 4.20. The lowest BCUT2D eigenvalue weighted by Gasteiger charge is -2.20. The van der Waals surface area contributed by atoms with Crippen LogP contribution in [-0.4, -0.2) is 18.5 Å². The molecule has 4 N–H and O–H groups in total. The first kappa shape index (κ1) is 21.9. The molecule has 0 aliphatic carbocycles. The molecule has 1 atom stereocenters. The van der Waals surface area contributed by atoms with Gasteiger partial charge in [-0.25, -0.2) is 4.79 Å². The predicted molar refractivity (Wildman–Crippen MR) is 129 cm³/mol. The third-order valence-corrected chi connectivity index (χ3v) is 5.96. The Hall–Kier alpha value is -4.35. The number of benzene rings is 3. The van der Waals surface area contributed by atoms with E-state index in [1.54, 1.807) is 24.3 Å². The molecule has 1 amide bonds. The van der Waals surface area contributed by atoms with Gasteiger partial charge in [0.2, 0.25) is 0 Å². The molecular weight excluding hydrogens is 436 g/mol. The first-order valence-electron chi connectivity index (χ1n) is 10.1. The Labute approximate surface area is 194 Å². The van der Waals surface area contributed by atoms with E-state index in [1.165, 1.54) is 11.3 Å². The van der Waals surface area contributed by atoms with Gasteiger partial charge in [0.05, 0.1) is 16.5 Å². The average molecular weight is 457 g/mol. The molecule has 33 heavy (non-hydrogen) atoms. The highest BCUT2D eigenvalue weighted by atomic mass is 32.1. The zero-order valence-electron chi connectivity index (χ0n) is 17.4. The molecule has 0 fully saturated rings. The molecule has 4 rings (SSSR count). The van der Waals surface area contributed by atoms with E-state index in [2.05, 4.69) is 5.32 Å². The topological polar surface area (TPSA) is 121 Å². The van der Waals surface area contributed by atoms with Gasteiger partial charge in [-0.1, -0.05) is 42.5 Å². The number of amides is 1. The highest BCUT2D eigenvalue weighted by molar-refractivity contribution is 7.20. The molecule has 164 valence electrons. The van der Waals surface area contributed by atoms with Crippen LogP contribution in [0.5, 0.6) is 5.75 Å². The lowest BCUT2D eigenvalue weighted by atomic mass is 10.1. The van der Waals surface area contributed by atoms with Gasteiger partial charge >= 0.3 is 6.09 Å². The highest BCUT2D eigenvalue weighted by Crippen LogP contribution is 2.35. The standard InChI is InChI=1S/C25H20N4O3S/c26-14-16-6-4-9-18(12-16)29-25(30)31-15-21(17-7-2-1-3-8-17)32-20-10-5-11-22-19(20)13-23(33-22)24(27)28/h1-13,21H,15H2,(H3,27,28)(H,29,30). The van der Waals surface area contributed by atoms with Crippen molar-refractivity contribution in [1.29, 1.82) is 10.7 Å². The quantitative estimate of drug-likeness (QED) is 0.253. The number of carbonyl (C=O) groups excluding carboxylic acids is 1. The van der Waals surface area contributed by atoms with Crippen molar-refractivity contribution >= 4 is 39.0 Å². The van der Waals surface area contributed by atoms with Crippen LogP contribution in [0.1, 0.15) is 22.1 Å². The van der Waals surface area contributed by atoms with E-state index in [4.69, 9.17) is 25.9 Å². The lowest BCUT2D eigenvalue weighted by molar-refractivity contribution is 0.0910. The fourth-order valence-electron chi connectivity index (χ4n) is 3.26. The smallest absolute Gasteiger partial charge is 0.411 e. The van der Waals surface area contributed by atoms with Crippen LogP contribution in [0.4, 0.5) is 10.5 Å². The number of thiophene rings is 1. The van der Waals surface area contributed by atoms with Gasteiger partial charge in [-0.2, -0.15) is 5.26 Å². The molecule has 0 saturated carbocycles. The first-order valence-corrected chi connectivity index (χ1v) is 10.9. The predicted octanol–water partition coefficient (Wildman–Crippen LogP) is 5.43. The first-order chi connectivity index (χ1) is 16.0. The van der Waals surface area contributed by atoms with Gasteiger partial charge in [-0.05, 0) is 42.0 Å². The summed E-state index contributed by atoms with van der Waals surface area (Å²) in [4.78, 5) is 13.0. The maximum absolute atomic E-state index is 12.4. The van der Waals surface area contributed by atoms with Crippen molar-refractivity contribution in [2.45, 2.75) is 6.10 Å². The number of nitrogens with zero attached hydrogens (tertiary/aromatic N) is 1. The van der Waals surface area contributed by atoms with Crippen molar-refractivity contribution in [3.63, 3.8) is 0 Å².